The van der Waals surface area contributed by atoms with Gasteiger partial charge in [-0.1, -0.05) is 106 Å². The lowest BCUT2D eigenvalue weighted by Crippen LogP contribution is -2.23. The molecule has 5 heteroatoms. The molecule has 3 aromatic carbocycles. The van der Waals surface area contributed by atoms with Crippen LogP contribution in [0.25, 0.3) is 27.8 Å². The number of hydrogen-bond acceptors (Lipinski definition) is 1. The monoisotopic (exact) mass is 660 g/mol. The Labute approximate surface area is 285 Å². The van der Waals surface area contributed by atoms with Crippen molar-refractivity contribution < 1.29 is 22.3 Å². The molecule has 0 saturated heterocycles. The third-order valence-electron chi connectivity index (χ3n) is 10.7. The fraction of sp³-hybridized carbons (Fsp3) is 0.488. The van der Waals surface area contributed by atoms with Crippen molar-refractivity contribution in [2.75, 3.05) is 6.61 Å². The Morgan fingerprint density at radius 3 is 1.92 bits per heavy atom. The Bertz CT molecular complexity index is 1530. The molecule has 1 nitrogen and oxygen atoms in total. The molecule has 2 aliphatic rings. The van der Waals surface area contributed by atoms with Gasteiger partial charge in [0.25, 0.3) is 0 Å². The summed E-state index contributed by atoms with van der Waals surface area (Å²) in [5.41, 5.74) is 2.39. The van der Waals surface area contributed by atoms with Crippen molar-refractivity contribution in [2.45, 2.75) is 110 Å². The molecule has 1 saturated carbocycles. The summed E-state index contributed by atoms with van der Waals surface area (Å²) in [6.07, 6.45) is 23.4. The Kier molecular flexibility index (Phi) is 13.4. The molecule has 5 rings (SSSR count). The van der Waals surface area contributed by atoms with Gasteiger partial charge in [-0.3, -0.25) is 0 Å². The van der Waals surface area contributed by atoms with Crippen LogP contribution >= 0.6 is 0 Å². The molecule has 0 bridgehead atoms. The summed E-state index contributed by atoms with van der Waals surface area (Å²) < 4.78 is 66.4. The van der Waals surface area contributed by atoms with Gasteiger partial charge in [-0.2, -0.15) is 4.39 Å². The van der Waals surface area contributed by atoms with Gasteiger partial charge < -0.3 is 4.74 Å². The van der Waals surface area contributed by atoms with E-state index in [1.807, 2.05) is 0 Å². The fourth-order valence-corrected chi connectivity index (χ4v) is 7.75. The molecule has 0 amide bonds. The van der Waals surface area contributed by atoms with Crippen LogP contribution < -0.4 is 4.74 Å². The first-order valence-corrected chi connectivity index (χ1v) is 18.4. The van der Waals surface area contributed by atoms with Crippen molar-refractivity contribution in [3.63, 3.8) is 0 Å². The molecule has 0 aliphatic heterocycles. The van der Waals surface area contributed by atoms with Crippen LogP contribution in [-0.2, 0) is 0 Å². The van der Waals surface area contributed by atoms with Crippen LogP contribution in [0.15, 0.2) is 66.8 Å². The van der Waals surface area contributed by atoms with Crippen LogP contribution in [0.2, 0.25) is 0 Å². The maximum atomic E-state index is 15.5. The second-order valence-electron chi connectivity index (χ2n) is 13.9. The molecule has 0 aromatic heterocycles. The number of hydrogen-bond donors (Lipinski definition) is 0. The fourth-order valence-electron chi connectivity index (χ4n) is 7.75. The average molecular weight is 661 g/mol. The van der Waals surface area contributed by atoms with Gasteiger partial charge in [0.15, 0.2) is 23.2 Å². The van der Waals surface area contributed by atoms with E-state index in [1.54, 1.807) is 36.4 Å². The summed E-state index contributed by atoms with van der Waals surface area (Å²) >= 11 is 0. The molecule has 48 heavy (non-hydrogen) atoms. The Morgan fingerprint density at radius 2 is 1.27 bits per heavy atom. The van der Waals surface area contributed by atoms with Crippen molar-refractivity contribution in [2.24, 2.45) is 17.8 Å². The smallest absolute Gasteiger partial charge is 0.201 e. The minimum atomic E-state index is -1.02. The predicted octanol–water partition coefficient (Wildman–Crippen LogP) is 13.7. The van der Waals surface area contributed by atoms with Gasteiger partial charge in [-0.05, 0) is 105 Å². The lowest BCUT2D eigenvalue weighted by Gasteiger charge is -2.35. The molecule has 258 valence electrons. The summed E-state index contributed by atoms with van der Waals surface area (Å²) in [5.74, 6) is -1.61. The molecular weight excluding hydrogens is 608 g/mol. The summed E-state index contributed by atoms with van der Waals surface area (Å²) in [5, 5.41) is 0. The SMILES string of the molecule is C/C=C/CCC1CCC(C2CC=C(c3ccc(-c4ccc(-c5ccc(OCCCCCCCC)c(F)c5F)cc4)c(F)c3F)CC2)CC1. The first kappa shape index (κ1) is 36.0. The number of allylic oxidation sites excluding steroid dienone is 4. The normalized spacial score (nSPS) is 19.9. The molecule has 0 radical (unpaired) electrons. The Morgan fingerprint density at radius 1 is 0.667 bits per heavy atom. The number of halogens is 4. The predicted molar refractivity (Wildman–Crippen MR) is 191 cm³/mol. The van der Waals surface area contributed by atoms with Crippen molar-refractivity contribution in [3.05, 3.63) is 95.6 Å². The molecule has 2 aliphatic carbocycles. The maximum absolute atomic E-state index is 15.5. The Balaban J connectivity index is 1.18. The van der Waals surface area contributed by atoms with E-state index in [1.165, 1.54) is 69.9 Å². The van der Waals surface area contributed by atoms with Crippen molar-refractivity contribution in [3.8, 4) is 28.0 Å². The molecule has 3 aromatic rings. The molecule has 0 spiro atoms. The van der Waals surface area contributed by atoms with E-state index in [-0.39, 0.29) is 16.9 Å². The Hall–Kier alpha value is -3.34. The van der Waals surface area contributed by atoms with E-state index in [0.717, 1.165) is 55.9 Å². The van der Waals surface area contributed by atoms with Gasteiger partial charge in [0, 0.05) is 16.7 Å². The third-order valence-corrected chi connectivity index (χ3v) is 10.7. The van der Waals surface area contributed by atoms with Crippen LogP contribution in [0, 0.1) is 41.0 Å². The van der Waals surface area contributed by atoms with Crippen LogP contribution in [-0.4, -0.2) is 6.61 Å². The molecule has 1 atom stereocenters. The first-order valence-electron chi connectivity index (χ1n) is 18.4. The zero-order valence-corrected chi connectivity index (χ0v) is 28.8. The highest BCUT2D eigenvalue weighted by molar-refractivity contribution is 5.74. The van der Waals surface area contributed by atoms with E-state index < -0.39 is 23.3 Å². The van der Waals surface area contributed by atoms with E-state index in [0.29, 0.717) is 29.2 Å². The lowest BCUT2D eigenvalue weighted by molar-refractivity contribution is 0.190. The molecule has 0 heterocycles. The zero-order valence-electron chi connectivity index (χ0n) is 28.8. The average Bonchev–Trinajstić information content (AvgIpc) is 3.11. The summed E-state index contributed by atoms with van der Waals surface area (Å²) in [6, 6.07) is 12.7. The highest BCUT2D eigenvalue weighted by Crippen LogP contribution is 2.43. The van der Waals surface area contributed by atoms with E-state index in [2.05, 4.69) is 32.1 Å². The largest absolute Gasteiger partial charge is 0.490 e. The number of benzene rings is 3. The minimum absolute atomic E-state index is 0.0907. The number of ether oxygens (including phenoxy) is 1. The number of rotatable bonds is 15. The standard InChI is InChI=1S/C43H52F4O/c1-3-5-7-8-9-11-29-48-39-28-27-38(42(46)43(39)47)35-23-21-34(22-24-35)37-26-25-36(40(44)41(37)45)33-19-17-32(18-20-33)31-15-13-30(14-16-31)12-10-6-4-2/h4,6,19,21-28,30-32H,3,5,7-18,20,29H2,1-2H3/b6-4+. The lowest BCUT2D eigenvalue weighted by atomic mass is 9.70. The first-order chi connectivity index (χ1) is 23.4. The molecule has 1 unspecified atom stereocenters. The van der Waals surface area contributed by atoms with Gasteiger partial charge >= 0.3 is 0 Å². The van der Waals surface area contributed by atoms with Crippen LogP contribution in [0.3, 0.4) is 0 Å². The minimum Gasteiger partial charge on any atom is -0.490 e. The second kappa shape index (κ2) is 17.9. The van der Waals surface area contributed by atoms with Gasteiger partial charge in [-0.25, -0.2) is 13.2 Å². The van der Waals surface area contributed by atoms with Gasteiger partial charge in [0.1, 0.15) is 0 Å². The topological polar surface area (TPSA) is 9.23 Å². The van der Waals surface area contributed by atoms with Crippen molar-refractivity contribution >= 4 is 5.57 Å². The summed E-state index contributed by atoms with van der Waals surface area (Å²) in [7, 11) is 0. The highest BCUT2D eigenvalue weighted by Gasteiger charge is 2.29. The highest BCUT2D eigenvalue weighted by atomic mass is 19.2. The molecule has 0 N–H and O–H groups in total. The van der Waals surface area contributed by atoms with Gasteiger partial charge in [0.2, 0.25) is 5.82 Å². The van der Waals surface area contributed by atoms with Gasteiger partial charge in [-0.15, -0.1) is 0 Å². The zero-order chi connectivity index (χ0) is 33.9. The third kappa shape index (κ3) is 9.01. The van der Waals surface area contributed by atoms with Crippen LogP contribution in [0.5, 0.6) is 5.75 Å². The quantitative estimate of drug-likeness (QED) is 0.0895. The summed E-state index contributed by atoms with van der Waals surface area (Å²) in [4.78, 5) is 0. The van der Waals surface area contributed by atoms with Crippen LogP contribution in [0.4, 0.5) is 17.6 Å². The molecular formula is C43H52F4O. The second-order valence-corrected chi connectivity index (χ2v) is 13.9. The maximum Gasteiger partial charge on any atom is 0.201 e. The van der Waals surface area contributed by atoms with E-state index in [4.69, 9.17) is 4.74 Å². The van der Waals surface area contributed by atoms with E-state index in [9.17, 15) is 4.39 Å². The summed E-state index contributed by atoms with van der Waals surface area (Å²) in [6.45, 7) is 4.59. The van der Waals surface area contributed by atoms with Crippen molar-refractivity contribution in [1.29, 1.82) is 0 Å². The van der Waals surface area contributed by atoms with E-state index >= 15 is 13.2 Å². The van der Waals surface area contributed by atoms with Crippen LogP contribution in [0.1, 0.15) is 116 Å². The number of unbranched alkanes of at least 4 members (excludes halogenated alkanes) is 5. The molecule has 1 fully saturated rings. The van der Waals surface area contributed by atoms with Crippen molar-refractivity contribution in [1.82, 2.24) is 0 Å². The van der Waals surface area contributed by atoms with Gasteiger partial charge in [0.05, 0.1) is 6.61 Å².